The van der Waals surface area contributed by atoms with Gasteiger partial charge in [0.05, 0.1) is 10.5 Å². The highest BCUT2D eigenvalue weighted by Crippen LogP contribution is 2.29. The molecule has 0 saturated heterocycles. The number of benzene rings is 1. The lowest BCUT2D eigenvalue weighted by Crippen LogP contribution is -2.28. The molecule has 11 heteroatoms. The Bertz CT molecular complexity index is 1010. The monoisotopic (exact) mass is 456 g/mol. The average molecular weight is 456 g/mol. The number of halogens is 3. The molecule has 0 spiro atoms. The van der Waals surface area contributed by atoms with E-state index in [4.69, 9.17) is 0 Å². The van der Waals surface area contributed by atoms with Crippen molar-refractivity contribution in [2.75, 3.05) is 25.0 Å². The number of carbonyl (C=O) groups excluding carboxylic acids is 1. The van der Waals surface area contributed by atoms with Gasteiger partial charge in [0.15, 0.2) is 0 Å². The van der Waals surface area contributed by atoms with Crippen molar-refractivity contribution in [3.05, 3.63) is 53.7 Å². The summed E-state index contributed by atoms with van der Waals surface area (Å²) in [6.45, 7) is 1.08. The molecule has 1 aromatic carbocycles. The molecule has 168 valence electrons. The first-order valence-electron chi connectivity index (χ1n) is 9.80. The molecule has 0 radical (unpaired) electrons. The van der Waals surface area contributed by atoms with Gasteiger partial charge >= 0.3 is 6.18 Å². The second-order valence-corrected chi connectivity index (χ2v) is 9.06. The molecule has 2 aromatic rings. The van der Waals surface area contributed by atoms with Gasteiger partial charge in [0, 0.05) is 31.4 Å². The molecule has 7 nitrogen and oxygen atoms in total. The number of hydrogen-bond donors (Lipinski definition) is 3. The van der Waals surface area contributed by atoms with Crippen LogP contribution >= 0.6 is 0 Å². The first kappa shape index (κ1) is 23.0. The third-order valence-corrected chi connectivity index (χ3v) is 6.12. The van der Waals surface area contributed by atoms with Crippen LogP contribution in [0.3, 0.4) is 0 Å². The Kier molecular flexibility index (Phi) is 7.16. The van der Waals surface area contributed by atoms with Crippen LogP contribution in [0.5, 0.6) is 0 Å². The van der Waals surface area contributed by atoms with Crippen LogP contribution in [0.1, 0.15) is 35.2 Å². The number of alkyl halides is 3. The van der Waals surface area contributed by atoms with Crippen molar-refractivity contribution in [3.63, 3.8) is 0 Å². The van der Waals surface area contributed by atoms with Gasteiger partial charge in [0.1, 0.15) is 5.82 Å². The molecule has 0 bridgehead atoms. The summed E-state index contributed by atoms with van der Waals surface area (Å²) in [5.41, 5.74) is -0.594. The summed E-state index contributed by atoms with van der Waals surface area (Å²) in [4.78, 5) is 16.0. The van der Waals surface area contributed by atoms with Crippen LogP contribution in [0.2, 0.25) is 0 Å². The van der Waals surface area contributed by atoms with Crippen LogP contribution in [0.15, 0.2) is 47.5 Å². The third-order valence-electron chi connectivity index (χ3n) is 4.70. The molecular weight excluding hydrogens is 433 g/mol. The van der Waals surface area contributed by atoms with Crippen molar-refractivity contribution in [3.8, 4) is 0 Å². The molecule has 31 heavy (non-hydrogen) atoms. The van der Waals surface area contributed by atoms with Gasteiger partial charge < -0.3 is 10.6 Å². The van der Waals surface area contributed by atoms with Gasteiger partial charge in [-0.25, -0.2) is 18.1 Å². The van der Waals surface area contributed by atoms with Gasteiger partial charge in [-0.05, 0) is 55.5 Å². The van der Waals surface area contributed by atoms with E-state index in [1.807, 2.05) is 0 Å². The van der Waals surface area contributed by atoms with Gasteiger partial charge in [-0.1, -0.05) is 6.07 Å². The number of sulfonamides is 1. The van der Waals surface area contributed by atoms with Crippen molar-refractivity contribution in [2.45, 2.75) is 30.3 Å². The number of hydrogen-bond acceptors (Lipinski definition) is 5. The Morgan fingerprint density at radius 3 is 2.55 bits per heavy atom. The zero-order valence-electron chi connectivity index (χ0n) is 16.6. The summed E-state index contributed by atoms with van der Waals surface area (Å²) < 4.78 is 64.8. The van der Waals surface area contributed by atoms with E-state index in [0.717, 1.165) is 25.1 Å². The van der Waals surface area contributed by atoms with E-state index >= 15 is 0 Å². The van der Waals surface area contributed by atoms with Gasteiger partial charge in [-0.2, -0.15) is 13.2 Å². The fourth-order valence-electron chi connectivity index (χ4n) is 2.71. The molecule has 0 atom stereocenters. The molecule has 1 amide bonds. The predicted octanol–water partition coefficient (Wildman–Crippen LogP) is 3.02. The van der Waals surface area contributed by atoms with Crippen molar-refractivity contribution in [1.29, 1.82) is 0 Å². The van der Waals surface area contributed by atoms with Crippen LogP contribution < -0.4 is 15.4 Å². The number of aromatic nitrogens is 1. The van der Waals surface area contributed by atoms with E-state index < -0.39 is 27.7 Å². The Morgan fingerprint density at radius 2 is 1.90 bits per heavy atom. The first-order valence-corrected chi connectivity index (χ1v) is 11.3. The van der Waals surface area contributed by atoms with Crippen molar-refractivity contribution >= 4 is 21.7 Å². The first-order chi connectivity index (χ1) is 14.6. The SMILES string of the molecule is O=C(NCCCNc1ccc(C(F)(F)F)cn1)c1cccc(S(=O)(=O)NCC2CC2)c1. The van der Waals surface area contributed by atoms with E-state index in [9.17, 15) is 26.4 Å². The van der Waals surface area contributed by atoms with Crippen LogP contribution in [0, 0.1) is 5.92 Å². The number of nitrogens with zero attached hydrogens (tertiary/aromatic N) is 1. The number of carbonyl (C=O) groups is 1. The fourth-order valence-corrected chi connectivity index (χ4v) is 3.87. The smallest absolute Gasteiger partial charge is 0.370 e. The van der Waals surface area contributed by atoms with E-state index in [0.29, 0.717) is 37.8 Å². The highest BCUT2D eigenvalue weighted by atomic mass is 32.2. The second-order valence-electron chi connectivity index (χ2n) is 7.29. The number of nitrogens with one attached hydrogen (secondary N) is 3. The maximum absolute atomic E-state index is 12.5. The van der Waals surface area contributed by atoms with Crippen LogP contribution in [0.4, 0.5) is 19.0 Å². The Morgan fingerprint density at radius 1 is 1.13 bits per heavy atom. The van der Waals surface area contributed by atoms with E-state index in [2.05, 4.69) is 20.3 Å². The van der Waals surface area contributed by atoms with Gasteiger partial charge in [-0.3, -0.25) is 4.79 Å². The zero-order valence-corrected chi connectivity index (χ0v) is 17.4. The zero-order chi connectivity index (χ0) is 22.5. The van der Waals surface area contributed by atoms with Crippen LogP contribution in [0.25, 0.3) is 0 Å². The largest absolute Gasteiger partial charge is 0.417 e. The van der Waals surface area contributed by atoms with Crippen LogP contribution in [-0.4, -0.2) is 38.9 Å². The lowest BCUT2D eigenvalue weighted by molar-refractivity contribution is -0.137. The van der Waals surface area contributed by atoms with Crippen molar-refractivity contribution in [2.24, 2.45) is 5.92 Å². The standard InChI is InChI=1S/C20H23F3N4O3S/c21-20(22,23)16-7-8-18(26-13-16)24-9-2-10-25-19(28)15-3-1-4-17(11-15)31(29,30)27-12-14-5-6-14/h1,3-4,7-8,11,13-14,27H,2,5-6,9-10,12H2,(H,24,26)(H,25,28). The molecule has 1 aliphatic carbocycles. The van der Waals surface area contributed by atoms with E-state index in [-0.39, 0.29) is 10.5 Å². The maximum atomic E-state index is 12.5. The lowest BCUT2D eigenvalue weighted by Gasteiger charge is -2.10. The predicted molar refractivity (Wildman–Crippen MR) is 109 cm³/mol. The molecule has 1 saturated carbocycles. The number of anilines is 1. The Hall–Kier alpha value is -2.66. The number of rotatable bonds is 10. The van der Waals surface area contributed by atoms with Crippen molar-refractivity contribution in [1.82, 2.24) is 15.0 Å². The third kappa shape index (κ3) is 6.93. The van der Waals surface area contributed by atoms with Crippen molar-refractivity contribution < 1.29 is 26.4 Å². The summed E-state index contributed by atoms with van der Waals surface area (Å²) in [5.74, 6) is 0.287. The quantitative estimate of drug-likeness (QED) is 0.477. The highest BCUT2D eigenvalue weighted by molar-refractivity contribution is 7.89. The number of amides is 1. The lowest BCUT2D eigenvalue weighted by atomic mass is 10.2. The summed E-state index contributed by atoms with van der Waals surface area (Å²) >= 11 is 0. The molecular formula is C20H23F3N4O3S. The molecule has 0 unspecified atom stereocenters. The molecule has 3 rings (SSSR count). The number of pyridine rings is 1. The molecule has 3 N–H and O–H groups in total. The van der Waals surface area contributed by atoms with Gasteiger partial charge in [-0.15, -0.1) is 0 Å². The van der Waals surface area contributed by atoms with E-state index in [1.165, 1.54) is 30.3 Å². The molecule has 1 heterocycles. The molecule has 0 aliphatic heterocycles. The minimum Gasteiger partial charge on any atom is -0.370 e. The Balaban J connectivity index is 1.43. The highest BCUT2D eigenvalue weighted by Gasteiger charge is 2.30. The Labute approximate surface area is 178 Å². The minimum absolute atomic E-state index is 0.0378. The average Bonchev–Trinajstić information content (AvgIpc) is 3.56. The topological polar surface area (TPSA) is 100 Å². The summed E-state index contributed by atoms with van der Waals surface area (Å²) in [6, 6.07) is 7.99. The fraction of sp³-hybridized carbons (Fsp3) is 0.400. The molecule has 1 aromatic heterocycles. The maximum Gasteiger partial charge on any atom is 0.417 e. The summed E-state index contributed by atoms with van der Waals surface area (Å²) in [5, 5.41) is 5.57. The summed E-state index contributed by atoms with van der Waals surface area (Å²) in [7, 11) is -3.66. The minimum atomic E-state index is -4.43. The molecule has 1 fully saturated rings. The van der Waals surface area contributed by atoms with Gasteiger partial charge in [0.2, 0.25) is 10.0 Å². The van der Waals surface area contributed by atoms with Crippen LogP contribution in [-0.2, 0) is 16.2 Å². The second kappa shape index (κ2) is 9.65. The summed E-state index contributed by atoms with van der Waals surface area (Å²) in [6.07, 6.45) is -1.14. The van der Waals surface area contributed by atoms with E-state index in [1.54, 1.807) is 0 Å². The normalized spacial score (nSPS) is 14.3. The van der Waals surface area contributed by atoms with Gasteiger partial charge in [0.25, 0.3) is 5.91 Å². The molecule has 1 aliphatic rings.